The van der Waals surface area contributed by atoms with Gasteiger partial charge in [-0.25, -0.2) is 8.42 Å². The molecule has 2 heterocycles. The third kappa shape index (κ3) is 5.60. The minimum atomic E-state index is -3.83. The highest BCUT2D eigenvalue weighted by atomic mass is 32.2. The maximum Gasteiger partial charge on any atom is 0.295 e. The topological polar surface area (TPSA) is 117 Å². The first-order valence-corrected chi connectivity index (χ1v) is 13.8. The zero-order valence-corrected chi connectivity index (χ0v) is 22.6. The van der Waals surface area contributed by atoms with Crippen LogP contribution < -0.4 is 4.74 Å². The summed E-state index contributed by atoms with van der Waals surface area (Å²) in [6.45, 7) is 2.08. The Morgan fingerprint density at radius 1 is 1.11 bits per heavy atom. The molecule has 2 fully saturated rings. The lowest BCUT2D eigenvalue weighted by Gasteiger charge is -2.26. The molecule has 2 aromatic rings. The lowest BCUT2D eigenvalue weighted by molar-refractivity contribution is -0.139. The number of nitrogens with zero attached hydrogens (tertiary/aromatic N) is 3. The van der Waals surface area contributed by atoms with E-state index in [4.69, 9.17) is 9.47 Å². The molecule has 0 bridgehead atoms. The highest BCUT2D eigenvalue weighted by Crippen LogP contribution is 2.40. The highest BCUT2D eigenvalue weighted by Gasteiger charge is 2.46. The van der Waals surface area contributed by atoms with Gasteiger partial charge in [-0.05, 0) is 56.9 Å². The molecule has 1 N–H and O–H groups in total. The van der Waals surface area contributed by atoms with Crippen LogP contribution in [0.4, 0.5) is 0 Å². The monoisotopic (exact) mass is 543 g/mol. The van der Waals surface area contributed by atoms with Gasteiger partial charge in [-0.15, -0.1) is 0 Å². The molecule has 2 saturated heterocycles. The van der Waals surface area contributed by atoms with Gasteiger partial charge in [-0.3, -0.25) is 9.59 Å². The molecule has 1 amide bonds. The van der Waals surface area contributed by atoms with Crippen molar-refractivity contribution >= 4 is 27.5 Å². The molecule has 11 heteroatoms. The summed E-state index contributed by atoms with van der Waals surface area (Å²) in [5, 5.41) is 11.4. The minimum absolute atomic E-state index is 0.00957. The predicted molar refractivity (Wildman–Crippen MR) is 141 cm³/mol. The number of amides is 1. The molecule has 38 heavy (non-hydrogen) atoms. The molecule has 204 valence electrons. The molecular weight excluding hydrogens is 510 g/mol. The zero-order valence-electron chi connectivity index (χ0n) is 21.8. The maximum absolute atomic E-state index is 13.3. The number of Topliss-reactive ketones (excluding diaryl/α,β-unsaturated/α-hetero) is 1. The Labute approximate surface area is 223 Å². The summed E-state index contributed by atoms with van der Waals surface area (Å²) in [6, 6.07) is 11.9. The Hall–Kier alpha value is -3.25. The molecule has 0 saturated carbocycles. The number of methoxy groups -OCH3 is 1. The molecule has 0 radical (unpaired) electrons. The van der Waals surface area contributed by atoms with Gasteiger partial charge in [0.2, 0.25) is 10.0 Å². The minimum Gasteiger partial charge on any atom is -0.507 e. The van der Waals surface area contributed by atoms with Gasteiger partial charge in [0.05, 0.1) is 36.8 Å². The fourth-order valence-electron chi connectivity index (χ4n) is 4.70. The Morgan fingerprint density at radius 3 is 2.42 bits per heavy atom. The van der Waals surface area contributed by atoms with E-state index < -0.39 is 33.5 Å². The quantitative estimate of drug-likeness (QED) is 0.290. The van der Waals surface area contributed by atoms with E-state index in [0.29, 0.717) is 44.0 Å². The van der Waals surface area contributed by atoms with E-state index in [1.54, 1.807) is 31.4 Å². The third-order valence-corrected chi connectivity index (χ3v) is 8.59. The van der Waals surface area contributed by atoms with Crippen LogP contribution in [0.3, 0.4) is 0 Å². The van der Waals surface area contributed by atoms with Gasteiger partial charge >= 0.3 is 0 Å². The van der Waals surface area contributed by atoms with Crippen molar-refractivity contribution in [3.8, 4) is 5.75 Å². The summed E-state index contributed by atoms with van der Waals surface area (Å²) < 4.78 is 38.2. The van der Waals surface area contributed by atoms with Crippen LogP contribution in [0.1, 0.15) is 23.6 Å². The molecule has 0 aromatic heterocycles. The summed E-state index contributed by atoms with van der Waals surface area (Å²) in [5.74, 6) is -1.32. The fraction of sp³-hybridized carbons (Fsp3) is 0.407. The molecule has 2 aromatic carbocycles. The molecule has 0 unspecified atom stereocenters. The second-order valence-corrected chi connectivity index (χ2v) is 11.4. The van der Waals surface area contributed by atoms with Gasteiger partial charge in [-0.2, -0.15) is 4.31 Å². The smallest absolute Gasteiger partial charge is 0.295 e. The van der Waals surface area contributed by atoms with E-state index >= 15 is 0 Å². The standard InChI is InChI=1S/C27H33N3O7S/c1-28(2)12-5-13-30-24(19-8-10-21(36-3)11-9-19)23(26(32)27(30)33)25(31)20-6-4-7-22(18-20)38(34,35)29-14-16-37-17-15-29/h4,6-11,18,24,31H,5,12-17H2,1-3H3/t24-/m0/s1. The molecule has 4 rings (SSSR count). The maximum atomic E-state index is 13.3. The number of carbonyl (C=O) groups excluding carboxylic acids is 2. The lowest BCUT2D eigenvalue weighted by atomic mass is 9.95. The summed E-state index contributed by atoms with van der Waals surface area (Å²) in [7, 11) is 1.56. The number of carbonyl (C=O) groups is 2. The largest absolute Gasteiger partial charge is 0.507 e. The van der Waals surface area contributed by atoms with Crippen LogP contribution >= 0.6 is 0 Å². The number of hydrogen-bond donors (Lipinski definition) is 1. The van der Waals surface area contributed by atoms with Crippen LogP contribution in [-0.2, 0) is 24.3 Å². The Morgan fingerprint density at radius 2 is 1.79 bits per heavy atom. The van der Waals surface area contributed by atoms with Crippen molar-refractivity contribution in [1.29, 1.82) is 0 Å². The molecule has 1 atom stereocenters. The van der Waals surface area contributed by atoms with Gasteiger partial charge in [0.15, 0.2) is 0 Å². The van der Waals surface area contributed by atoms with Gasteiger partial charge in [0.1, 0.15) is 11.5 Å². The second kappa shape index (κ2) is 11.6. The lowest BCUT2D eigenvalue weighted by Crippen LogP contribution is -2.40. The van der Waals surface area contributed by atoms with E-state index in [1.165, 1.54) is 33.5 Å². The first-order valence-electron chi connectivity index (χ1n) is 12.4. The normalized spacial score (nSPS) is 20.3. The Balaban J connectivity index is 1.77. The van der Waals surface area contributed by atoms with Crippen LogP contribution in [0.15, 0.2) is 59.0 Å². The summed E-state index contributed by atoms with van der Waals surface area (Å²) in [4.78, 5) is 29.9. The number of morpholine rings is 1. The van der Waals surface area contributed by atoms with E-state index in [0.717, 1.165) is 0 Å². The van der Waals surface area contributed by atoms with Gasteiger partial charge < -0.3 is 24.4 Å². The van der Waals surface area contributed by atoms with Gasteiger partial charge in [0.25, 0.3) is 11.7 Å². The number of ketones is 1. The van der Waals surface area contributed by atoms with Crippen molar-refractivity contribution in [3.05, 3.63) is 65.2 Å². The average Bonchev–Trinajstić information content (AvgIpc) is 3.18. The van der Waals surface area contributed by atoms with Crippen molar-refractivity contribution in [2.24, 2.45) is 0 Å². The van der Waals surface area contributed by atoms with Crippen molar-refractivity contribution in [2.45, 2.75) is 17.4 Å². The Kier molecular flexibility index (Phi) is 8.51. The summed E-state index contributed by atoms with van der Waals surface area (Å²) >= 11 is 0. The number of aliphatic hydroxyl groups excluding tert-OH is 1. The zero-order chi connectivity index (χ0) is 27.4. The van der Waals surface area contributed by atoms with Crippen LogP contribution in [-0.4, -0.2) is 99.9 Å². The van der Waals surface area contributed by atoms with Crippen molar-refractivity contribution in [3.63, 3.8) is 0 Å². The van der Waals surface area contributed by atoms with Crippen LogP contribution in [0, 0.1) is 0 Å². The van der Waals surface area contributed by atoms with Crippen LogP contribution in [0.5, 0.6) is 5.75 Å². The third-order valence-electron chi connectivity index (χ3n) is 6.69. The summed E-state index contributed by atoms with van der Waals surface area (Å²) in [5.41, 5.74) is 0.698. The SMILES string of the molecule is COc1ccc([C@H]2C(=C(O)c3cccc(S(=O)(=O)N4CCOCC4)c3)C(=O)C(=O)N2CCCN(C)C)cc1. The number of benzene rings is 2. The number of hydrogen-bond acceptors (Lipinski definition) is 8. The predicted octanol–water partition coefficient (Wildman–Crippen LogP) is 2.09. The number of sulfonamides is 1. The molecule has 0 aliphatic carbocycles. The molecule has 2 aliphatic heterocycles. The highest BCUT2D eigenvalue weighted by molar-refractivity contribution is 7.89. The van der Waals surface area contributed by atoms with Gasteiger partial charge in [0, 0.05) is 25.2 Å². The second-order valence-electron chi connectivity index (χ2n) is 9.47. The van der Waals surface area contributed by atoms with Crippen LogP contribution in [0.25, 0.3) is 5.76 Å². The van der Waals surface area contributed by atoms with Crippen molar-refractivity contribution in [1.82, 2.24) is 14.1 Å². The number of rotatable bonds is 9. The van der Waals surface area contributed by atoms with Crippen molar-refractivity contribution < 1.29 is 32.6 Å². The molecular formula is C27H33N3O7S. The summed E-state index contributed by atoms with van der Waals surface area (Å²) in [6.07, 6.45) is 0.625. The average molecular weight is 544 g/mol. The number of ether oxygens (including phenoxy) is 2. The van der Waals surface area contributed by atoms with E-state index in [-0.39, 0.29) is 29.1 Å². The van der Waals surface area contributed by atoms with Crippen LogP contribution in [0.2, 0.25) is 0 Å². The van der Waals surface area contributed by atoms with Crippen molar-refractivity contribution in [2.75, 3.05) is 60.6 Å². The first-order chi connectivity index (χ1) is 18.1. The molecule has 0 spiro atoms. The molecule has 10 nitrogen and oxygen atoms in total. The first kappa shape index (κ1) is 27.8. The fourth-order valence-corrected chi connectivity index (χ4v) is 6.15. The Bertz CT molecular complexity index is 1320. The van der Waals surface area contributed by atoms with E-state index in [2.05, 4.69) is 0 Å². The number of aliphatic hydroxyl groups is 1. The van der Waals surface area contributed by atoms with Gasteiger partial charge in [-0.1, -0.05) is 24.3 Å². The number of likely N-dealkylation sites (tertiary alicyclic amines) is 1. The van der Waals surface area contributed by atoms with E-state index in [1.807, 2.05) is 19.0 Å². The van der Waals surface area contributed by atoms with E-state index in [9.17, 15) is 23.1 Å². The molecule has 2 aliphatic rings.